The Hall–Kier alpha value is -3.39. The van der Waals surface area contributed by atoms with Gasteiger partial charge < -0.3 is 15.2 Å². The summed E-state index contributed by atoms with van der Waals surface area (Å²) in [5.74, 6) is -1.60. The van der Waals surface area contributed by atoms with E-state index in [1.807, 2.05) is 24.3 Å². The van der Waals surface area contributed by atoms with Gasteiger partial charge in [-0.25, -0.2) is 15.1 Å². The molecule has 0 aliphatic heterocycles. The monoisotopic (exact) mass is 464 g/mol. The molecule has 0 saturated heterocycles. The summed E-state index contributed by atoms with van der Waals surface area (Å²) in [4.78, 5) is 41.5. The van der Waals surface area contributed by atoms with Crippen LogP contribution in [-0.2, 0) is 19.2 Å². The average molecular weight is 465 g/mol. The van der Waals surface area contributed by atoms with Crippen LogP contribution >= 0.6 is 0 Å². The maximum Gasteiger partial charge on any atom is 0.407 e. The molecule has 3 N–H and O–H groups in total. The number of fused-ring (bicyclic) bond motifs is 3. The summed E-state index contributed by atoms with van der Waals surface area (Å²) in [7, 11) is 0. The molecule has 0 heterocycles. The molecule has 8 heteroatoms. The lowest BCUT2D eigenvalue weighted by Crippen LogP contribution is -2.46. The van der Waals surface area contributed by atoms with Crippen LogP contribution in [-0.4, -0.2) is 42.3 Å². The first-order valence-electron chi connectivity index (χ1n) is 11.6. The van der Waals surface area contributed by atoms with E-state index in [0.29, 0.717) is 6.42 Å². The number of carbonyl (C=O) groups excluding carboxylic acids is 2. The number of hydrogen-bond acceptors (Lipinski definition) is 5. The summed E-state index contributed by atoms with van der Waals surface area (Å²) < 4.78 is 5.60. The van der Waals surface area contributed by atoms with E-state index in [0.717, 1.165) is 41.5 Å². The van der Waals surface area contributed by atoms with Crippen LogP contribution in [0.4, 0.5) is 4.79 Å². The number of hydrogen-bond donors (Lipinski definition) is 3. The number of carbonyl (C=O) groups is 3. The van der Waals surface area contributed by atoms with Crippen molar-refractivity contribution < 1.29 is 29.1 Å². The molecule has 8 nitrogen and oxygen atoms in total. The van der Waals surface area contributed by atoms with E-state index < -0.39 is 23.6 Å². The van der Waals surface area contributed by atoms with Gasteiger partial charge >= 0.3 is 12.1 Å². The summed E-state index contributed by atoms with van der Waals surface area (Å²) >= 11 is 0. The number of amides is 2. The number of ether oxygens (including phenoxy) is 1. The molecule has 0 aromatic heterocycles. The van der Waals surface area contributed by atoms with E-state index in [1.54, 1.807) is 0 Å². The number of carboxylic acids is 1. The van der Waals surface area contributed by atoms with Crippen LogP contribution in [0.3, 0.4) is 0 Å². The van der Waals surface area contributed by atoms with Gasteiger partial charge in [-0.1, -0.05) is 55.0 Å². The molecule has 3 aliphatic carbocycles. The predicted octanol–water partition coefficient (Wildman–Crippen LogP) is 3.61. The Kier molecular flexibility index (Phi) is 5.56. The molecule has 2 atom stereocenters. The quantitative estimate of drug-likeness (QED) is 0.515. The lowest BCUT2D eigenvalue weighted by molar-refractivity contribution is -0.161. The first-order chi connectivity index (χ1) is 16.4. The molecular formula is C26H28N2O6. The van der Waals surface area contributed by atoms with Gasteiger partial charge in [-0.3, -0.25) is 9.63 Å². The molecule has 2 fully saturated rings. The maximum atomic E-state index is 12.9. The van der Waals surface area contributed by atoms with Crippen LogP contribution < -0.4 is 10.8 Å². The van der Waals surface area contributed by atoms with E-state index in [4.69, 9.17) is 14.7 Å². The van der Waals surface area contributed by atoms with Crippen molar-refractivity contribution in [3.63, 3.8) is 0 Å². The molecule has 178 valence electrons. The van der Waals surface area contributed by atoms with Gasteiger partial charge in [-0.05, 0) is 53.9 Å². The second kappa shape index (κ2) is 8.43. The number of hydroxylamine groups is 1. The highest BCUT2D eigenvalue weighted by atomic mass is 16.7. The van der Waals surface area contributed by atoms with Crippen LogP contribution in [0.15, 0.2) is 48.5 Å². The molecule has 0 radical (unpaired) electrons. The van der Waals surface area contributed by atoms with E-state index in [1.165, 1.54) is 6.92 Å². The fourth-order valence-electron chi connectivity index (χ4n) is 5.61. The first-order valence-corrected chi connectivity index (χ1v) is 11.6. The van der Waals surface area contributed by atoms with Crippen molar-refractivity contribution >= 4 is 18.0 Å². The van der Waals surface area contributed by atoms with E-state index in [-0.39, 0.29) is 30.4 Å². The van der Waals surface area contributed by atoms with Gasteiger partial charge in [-0.15, -0.1) is 0 Å². The van der Waals surface area contributed by atoms with Crippen LogP contribution in [0.1, 0.15) is 49.7 Å². The molecule has 1 spiro atoms. The molecule has 2 saturated carbocycles. The van der Waals surface area contributed by atoms with Crippen molar-refractivity contribution in [1.82, 2.24) is 10.8 Å². The van der Waals surface area contributed by atoms with Gasteiger partial charge in [0.25, 0.3) is 5.91 Å². The van der Waals surface area contributed by atoms with Gasteiger partial charge in [0.05, 0.1) is 5.41 Å². The molecule has 5 rings (SSSR count). The van der Waals surface area contributed by atoms with Gasteiger partial charge in [0.2, 0.25) is 0 Å². The highest BCUT2D eigenvalue weighted by Crippen LogP contribution is 2.73. The predicted molar refractivity (Wildman–Crippen MR) is 123 cm³/mol. The number of aliphatic carboxylic acids is 1. The van der Waals surface area contributed by atoms with Crippen molar-refractivity contribution in [3.8, 4) is 11.1 Å². The third-order valence-corrected chi connectivity index (χ3v) is 7.83. The van der Waals surface area contributed by atoms with Crippen LogP contribution in [0.2, 0.25) is 0 Å². The Morgan fingerprint density at radius 3 is 2.21 bits per heavy atom. The zero-order chi connectivity index (χ0) is 23.9. The van der Waals surface area contributed by atoms with Crippen molar-refractivity contribution in [2.75, 3.05) is 13.2 Å². The second-order valence-electron chi connectivity index (χ2n) is 9.60. The third-order valence-electron chi connectivity index (χ3n) is 7.83. The van der Waals surface area contributed by atoms with Gasteiger partial charge in [0, 0.05) is 12.5 Å². The number of rotatable bonds is 8. The zero-order valence-corrected chi connectivity index (χ0v) is 19.0. The Labute approximate surface area is 197 Å². The van der Waals surface area contributed by atoms with Crippen molar-refractivity contribution in [2.45, 2.75) is 44.6 Å². The molecule has 34 heavy (non-hydrogen) atoms. The maximum absolute atomic E-state index is 12.9. The highest BCUT2D eigenvalue weighted by molar-refractivity contribution is 5.88. The molecular weight excluding hydrogens is 436 g/mol. The lowest BCUT2D eigenvalue weighted by Gasteiger charge is -2.32. The minimum atomic E-state index is -1.17. The van der Waals surface area contributed by atoms with Crippen molar-refractivity contribution in [3.05, 3.63) is 59.7 Å². The van der Waals surface area contributed by atoms with Crippen LogP contribution in [0.5, 0.6) is 0 Å². The summed E-state index contributed by atoms with van der Waals surface area (Å²) in [6, 6.07) is 16.2. The van der Waals surface area contributed by atoms with Crippen molar-refractivity contribution in [2.24, 2.45) is 10.8 Å². The first kappa shape index (κ1) is 22.4. The van der Waals surface area contributed by atoms with Gasteiger partial charge in [0.15, 0.2) is 6.10 Å². The smallest absolute Gasteiger partial charge is 0.407 e. The van der Waals surface area contributed by atoms with E-state index in [2.05, 4.69) is 35.1 Å². The topological polar surface area (TPSA) is 114 Å². The SMILES string of the molecule is CC(ONC(=O)C1(CNC(=O)OCC2c3ccccc3-c3ccccc32)CC12CCC2)C(=O)O. The molecule has 2 unspecified atom stereocenters. The van der Waals surface area contributed by atoms with E-state index in [9.17, 15) is 14.4 Å². The molecule has 2 aromatic rings. The molecule has 3 aliphatic rings. The minimum absolute atomic E-state index is 0.0415. The Morgan fingerprint density at radius 1 is 1.06 bits per heavy atom. The molecule has 2 aromatic carbocycles. The number of carboxylic acid groups (broad SMARTS) is 1. The van der Waals surface area contributed by atoms with Gasteiger partial charge in [0.1, 0.15) is 6.61 Å². The lowest BCUT2D eigenvalue weighted by atomic mass is 9.74. The Morgan fingerprint density at radius 2 is 1.68 bits per heavy atom. The van der Waals surface area contributed by atoms with E-state index >= 15 is 0 Å². The van der Waals surface area contributed by atoms with Crippen LogP contribution in [0.25, 0.3) is 11.1 Å². The van der Waals surface area contributed by atoms with Gasteiger partial charge in [-0.2, -0.15) is 0 Å². The minimum Gasteiger partial charge on any atom is -0.479 e. The molecule has 2 amide bonds. The summed E-state index contributed by atoms with van der Waals surface area (Å²) in [6.45, 7) is 1.67. The molecule has 0 bridgehead atoms. The average Bonchev–Trinajstić information content (AvgIpc) is 3.44. The largest absolute Gasteiger partial charge is 0.479 e. The third kappa shape index (κ3) is 3.62. The Bertz CT molecular complexity index is 1100. The summed E-state index contributed by atoms with van der Waals surface area (Å²) in [5, 5.41) is 11.7. The van der Waals surface area contributed by atoms with Crippen molar-refractivity contribution in [1.29, 1.82) is 0 Å². The fourth-order valence-corrected chi connectivity index (χ4v) is 5.61. The normalized spacial score (nSPS) is 22.1. The fraction of sp³-hybridized carbons (Fsp3) is 0.423. The second-order valence-corrected chi connectivity index (χ2v) is 9.60. The summed E-state index contributed by atoms with van der Waals surface area (Å²) in [5.41, 5.74) is 5.93. The Balaban J connectivity index is 1.20. The standard InChI is InChI=1S/C26H28N2O6/c1-16(22(29)30)34-28-23(31)26(14-25(26)11-6-12-25)15-27-24(32)33-13-21-19-9-4-2-7-17(19)18-8-3-5-10-20(18)21/h2-5,7-10,16,21H,6,11-15H2,1H3,(H,27,32)(H,28,31)(H,29,30). The summed E-state index contributed by atoms with van der Waals surface area (Å²) in [6.07, 6.45) is 1.75. The number of benzene rings is 2. The number of alkyl carbamates (subject to hydrolysis) is 1. The van der Waals surface area contributed by atoms with Crippen LogP contribution in [0, 0.1) is 10.8 Å². The highest BCUT2D eigenvalue weighted by Gasteiger charge is 2.73. The zero-order valence-electron chi connectivity index (χ0n) is 19.0. The number of nitrogens with one attached hydrogen (secondary N) is 2.